The molecule has 0 unspecified atom stereocenters. The van der Waals surface area contributed by atoms with Crippen LogP contribution in [0.1, 0.15) is 56.8 Å². The average molecular weight is 555 g/mol. The fourth-order valence-electron chi connectivity index (χ4n) is 4.82. The lowest BCUT2D eigenvalue weighted by molar-refractivity contribution is 0.0599. The number of benzene rings is 4. The zero-order valence-corrected chi connectivity index (χ0v) is 24.4. The first-order valence-electron chi connectivity index (χ1n) is 13.6. The van der Waals surface area contributed by atoms with Gasteiger partial charge in [-0.05, 0) is 81.6 Å². The van der Waals surface area contributed by atoms with E-state index in [1.54, 1.807) is 32.4 Å². The van der Waals surface area contributed by atoms with Gasteiger partial charge in [-0.15, -0.1) is 0 Å². The Morgan fingerprint density at radius 3 is 1.41 bits per heavy atom. The Hall–Kier alpha value is -4.26. The van der Waals surface area contributed by atoms with Gasteiger partial charge in [0, 0.05) is 14.2 Å². The maximum atomic E-state index is 11.7. The highest BCUT2D eigenvalue weighted by atomic mass is 16.5. The first-order valence-corrected chi connectivity index (χ1v) is 13.6. The topological polar surface area (TPSA) is 82.1 Å². The number of hydrogen-bond acceptors (Lipinski definition) is 5. The molecule has 4 rings (SSSR count). The van der Waals surface area contributed by atoms with Gasteiger partial charge >= 0.3 is 11.9 Å². The van der Waals surface area contributed by atoms with Gasteiger partial charge in [0.25, 0.3) is 0 Å². The van der Waals surface area contributed by atoms with Crippen molar-refractivity contribution in [3.05, 3.63) is 118 Å². The van der Waals surface area contributed by atoms with Crippen LogP contribution >= 0.6 is 0 Å². The molecule has 214 valence electrons. The number of carbonyl (C=O) groups excluding carboxylic acids is 1. The Labute approximate surface area is 242 Å². The zero-order valence-electron chi connectivity index (χ0n) is 24.4. The van der Waals surface area contributed by atoms with Crippen LogP contribution in [-0.2, 0) is 40.3 Å². The van der Waals surface area contributed by atoms with Crippen LogP contribution in [0, 0.1) is 0 Å². The van der Waals surface area contributed by atoms with E-state index in [4.69, 9.17) is 19.3 Å². The molecule has 4 aromatic rings. The second kappa shape index (κ2) is 15.5. The van der Waals surface area contributed by atoms with E-state index < -0.39 is 5.97 Å². The Bertz CT molecular complexity index is 1470. The number of hydrogen-bond donors (Lipinski definition) is 1. The van der Waals surface area contributed by atoms with Crippen LogP contribution in [0.2, 0.25) is 0 Å². The number of carboxylic acids is 1. The van der Waals surface area contributed by atoms with E-state index >= 15 is 0 Å². The van der Waals surface area contributed by atoms with Gasteiger partial charge in [-0.25, -0.2) is 9.59 Å². The van der Waals surface area contributed by atoms with E-state index in [1.165, 1.54) is 23.8 Å². The highest BCUT2D eigenvalue weighted by Crippen LogP contribution is 2.30. The highest BCUT2D eigenvalue weighted by Gasteiger charge is 2.14. The summed E-state index contributed by atoms with van der Waals surface area (Å²) in [5.74, 6) is -1.25. The van der Waals surface area contributed by atoms with Crippen molar-refractivity contribution >= 4 is 11.9 Å². The average Bonchev–Trinajstić information content (AvgIpc) is 3.01. The van der Waals surface area contributed by atoms with Crippen molar-refractivity contribution in [2.24, 2.45) is 0 Å². The molecule has 0 aliphatic carbocycles. The molecule has 6 heteroatoms. The van der Waals surface area contributed by atoms with Gasteiger partial charge < -0.3 is 19.3 Å². The number of aryl methyl sites for hydroxylation is 2. The first-order chi connectivity index (χ1) is 19.9. The maximum absolute atomic E-state index is 11.7. The van der Waals surface area contributed by atoms with Crippen molar-refractivity contribution in [3.63, 3.8) is 0 Å². The van der Waals surface area contributed by atoms with Crippen molar-refractivity contribution in [1.82, 2.24) is 0 Å². The van der Waals surface area contributed by atoms with Gasteiger partial charge in [-0.2, -0.15) is 0 Å². The molecular formula is C35H38O6. The smallest absolute Gasteiger partial charge is 0.337 e. The molecule has 0 aliphatic heterocycles. The van der Waals surface area contributed by atoms with Crippen molar-refractivity contribution in [2.45, 2.75) is 39.9 Å². The van der Waals surface area contributed by atoms with Gasteiger partial charge in [0.1, 0.15) is 0 Å². The molecule has 0 radical (unpaired) electrons. The van der Waals surface area contributed by atoms with Gasteiger partial charge in [0.2, 0.25) is 0 Å². The largest absolute Gasteiger partial charge is 0.478 e. The lowest BCUT2D eigenvalue weighted by atomic mass is 9.93. The van der Waals surface area contributed by atoms with Gasteiger partial charge in [0.05, 0.1) is 31.5 Å². The molecule has 0 saturated carbocycles. The number of rotatable bonds is 10. The van der Waals surface area contributed by atoms with Crippen molar-refractivity contribution in [3.8, 4) is 22.3 Å². The van der Waals surface area contributed by atoms with Crippen molar-refractivity contribution < 1.29 is 28.9 Å². The molecule has 6 nitrogen and oxygen atoms in total. The molecular weight excluding hydrogens is 516 g/mol. The molecule has 41 heavy (non-hydrogen) atoms. The molecule has 4 aromatic carbocycles. The molecule has 0 atom stereocenters. The first kappa shape index (κ1) is 31.3. The Kier molecular flexibility index (Phi) is 11.8. The molecule has 0 amide bonds. The summed E-state index contributed by atoms with van der Waals surface area (Å²) in [4.78, 5) is 22.8. The molecule has 0 aliphatic rings. The van der Waals surface area contributed by atoms with Crippen LogP contribution in [0.15, 0.2) is 84.9 Å². The number of methoxy groups -OCH3 is 3. The number of esters is 1. The van der Waals surface area contributed by atoms with E-state index in [1.807, 2.05) is 42.5 Å². The van der Waals surface area contributed by atoms with E-state index in [9.17, 15) is 9.59 Å². The van der Waals surface area contributed by atoms with Crippen LogP contribution < -0.4 is 0 Å². The molecule has 0 spiro atoms. The summed E-state index contributed by atoms with van der Waals surface area (Å²) in [5, 5.41) is 9.10. The van der Waals surface area contributed by atoms with E-state index in [0.29, 0.717) is 18.8 Å². The highest BCUT2D eigenvalue weighted by molar-refractivity contribution is 5.91. The maximum Gasteiger partial charge on any atom is 0.337 e. The predicted molar refractivity (Wildman–Crippen MR) is 162 cm³/mol. The van der Waals surface area contributed by atoms with E-state index in [0.717, 1.165) is 40.7 Å². The molecule has 1 N–H and O–H groups in total. The van der Waals surface area contributed by atoms with Crippen molar-refractivity contribution in [1.29, 1.82) is 0 Å². The zero-order chi connectivity index (χ0) is 29.8. The minimum absolute atomic E-state index is 0.287. The molecule has 0 heterocycles. The quantitative estimate of drug-likeness (QED) is 0.203. The lowest BCUT2D eigenvalue weighted by Gasteiger charge is -2.14. The summed E-state index contributed by atoms with van der Waals surface area (Å²) in [6.45, 7) is 5.10. The summed E-state index contributed by atoms with van der Waals surface area (Å²) in [6, 6.07) is 27.3. The predicted octanol–water partition coefficient (Wildman–Crippen LogP) is 7.61. The van der Waals surface area contributed by atoms with Crippen LogP contribution in [0.25, 0.3) is 22.3 Å². The number of carbonyl (C=O) groups is 2. The Morgan fingerprint density at radius 1 is 0.585 bits per heavy atom. The normalized spacial score (nSPS) is 10.5. The Morgan fingerprint density at radius 2 is 1.00 bits per heavy atom. The third-order valence-corrected chi connectivity index (χ3v) is 6.86. The second-order valence-corrected chi connectivity index (χ2v) is 9.43. The van der Waals surface area contributed by atoms with Crippen LogP contribution in [-0.4, -0.2) is 38.4 Å². The third-order valence-electron chi connectivity index (χ3n) is 6.86. The fourth-order valence-corrected chi connectivity index (χ4v) is 4.82. The third kappa shape index (κ3) is 7.91. The summed E-state index contributed by atoms with van der Waals surface area (Å²) in [6.07, 6.45) is 1.89. The summed E-state index contributed by atoms with van der Waals surface area (Å²) >= 11 is 0. The monoisotopic (exact) mass is 554 g/mol. The van der Waals surface area contributed by atoms with Gasteiger partial charge in [0.15, 0.2) is 0 Å². The standard InChI is InChI=1S/C18H20O3.C17H18O3/c1-4-13-7-5-6-8-16(13)17-10-9-14(18(19)21-3)11-15(17)12-20-2;1-3-12-6-4-5-7-15(12)16-9-8-13(17(18)19)10-14(16)11-20-2/h5-11H,4,12H2,1-3H3;4-10H,3,11H2,1-2H3,(H,18,19). The SMILES string of the molecule is CCc1ccccc1-c1ccc(C(=O)O)cc1COC.CCc1ccccc1-c1ccc(C(=O)OC)cc1COC. The minimum atomic E-state index is -0.919. The number of carboxylic acid groups (broad SMARTS) is 1. The summed E-state index contributed by atoms with van der Waals surface area (Å²) in [5.41, 5.74) is 9.69. The van der Waals surface area contributed by atoms with Crippen molar-refractivity contribution in [2.75, 3.05) is 21.3 Å². The molecule has 0 fully saturated rings. The van der Waals surface area contributed by atoms with Gasteiger partial charge in [-0.3, -0.25) is 0 Å². The molecule has 0 saturated heterocycles. The number of aromatic carboxylic acids is 1. The van der Waals surface area contributed by atoms with E-state index in [-0.39, 0.29) is 11.5 Å². The van der Waals surface area contributed by atoms with Crippen LogP contribution in [0.5, 0.6) is 0 Å². The summed E-state index contributed by atoms with van der Waals surface area (Å²) < 4.78 is 15.3. The number of ether oxygens (including phenoxy) is 3. The molecule has 0 bridgehead atoms. The van der Waals surface area contributed by atoms with Crippen LogP contribution in [0.4, 0.5) is 0 Å². The van der Waals surface area contributed by atoms with E-state index in [2.05, 4.69) is 38.1 Å². The Balaban J connectivity index is 0.000000226. The minimum Gasteiger partial charge on any atom is -0.478 e. The lowest BCUT2D eigenvalue weighted by Crippen LogP contribution is -2.04. The summed E-state index contributed by atoms with van der Waals surface area (Å²) in [7, 11) is 4.65. The van der Waals surface area contributed by atoms with Crippen LogP contribution in [0.3, 0.4) is 0 Å². The molecule has 0 aromatic heterocycles. The second-order valence-electron chi connectivity index (χ2n) is 9.43. The fraction of sp³-hybridized carbons (Fsp3) is 0.257. The van der Waals surface area contributed by atoms with Gasteiger partial charge in [-0.1, -0.05) is 74.5 Å².